The number of carboxylic acids is 1. The van der Waals surface area contributed by atoms with Gasteiger partial charge in [0.25, 0.3) is 5.91 Å². The third-order valence-corrected chi connectivity index (χ3v) is 6.81. The fraction of sp³-hybridized carbons (Fsp3) is 0.412. The number of piperidine rings is 1. The number of aromatic amines is 1. The smallest absolute Gasteiger partial charge is 0.348 e. The van der Waals surface area contributed by atoms with Crippen molar-refractivity contribution in [3.05, 3.63) is 32.0 Å². The van der Waals surface area contributed by atoms with Crippen molar-refractivity contribution in [2.75, 3.05) is 25.1 Å². The summed E-state index contributed by atoms with van der Waals surface area (Å²) in [4.78, 5) is 33.0. The molecule has 162 valence electrons. The lowest BCUT2D eigenvalue weighted by Gasteiger charge is -2.37. The van der Waals surface area contributed by atoms with Gasteiger partial charge >= 0.3 is 5.97 Å². The van der Waals surface area contributed by atoms with E-state index in [2.05, 4.69) is 20.4 Å². The van der Waals surface area contributed by atoms with Crippen LogP contribution in [0.3, 0.4) is 0 Å². The van der Waals surface area contributed by atoms with Gasteiger partial charge in [-0.3, -0.25) is 4.79 Å². The second-order valence-corrected chi connectivity index (χ2v) is 8.34. The first kappa shape index (κ1) is 22.3. The lowest BCUT2D eigenvalue weighted by molar-refractivity contribution is 0.0540. The molecule has 1 fully saturated rings. The van der Waals surface area contributed by atoms with Crippen LogP contribution in [0.4, 0.5) is 5.13 Å². The summed E-state index contributed by atoms with van der Waals surface area (Å²) in [6, 6.07) is -0.297. The average molecular weight is 476 g/mol. The molecule has 2 unspecified atom stereocenters. The van der Waals surface area contributed by atoms with Gasteiger partial charge in [-0.1, -0.05) is 39.7 Å². The largest absolute Gasteiger partial charge is 0.477 e. The van der Waals surface area contributed by atoms with Crippen molar-refractivity contribution in [1.82, 2.24) is 15.3 Å². The highest BCUT2D eigenvalue weighted by Gasteiger charge is 2.33. The van der Waals surface area contributed by atoms with Crippen LogP contribution in [0, 0.1) is 6.92 Å². The molecule has 0 spiro atoms. The summed E-state index contributed by atoms with van der Waals surface area (Å²) < 4.78 is 5.55. The summed E-state index contributed by atoms with van der Waals surface area (Å²) in [6.45, 7) is 2.60. The number of ether oxygens (including phenoxy) is 1. The second kappa shape index (κ2) is 9.21. The number of aromatic carboxylic acids is 1. The molecule has 3 heterocycles. The number of halogens is 2. The summed E-state index contributed by atoms with van der Waals surface area (Å²) >= 11 is 13.1. The van der Waals surface area contributed by atoms with Gasteiger partial charge in [-0.15, -0.1) is 0 Å². The Balaban J connectivity index is 1.73. The normalized spacial score (nSPS) is 19.4. The van der Waals surface area contributed by atoms with Crippen LogP contribution in [0.1, 0.15) is 38.0 Å². The number of carbonyl (C=O) groups is 2. The molecule has 2 aromatic rings. The van der Waals surface area contributed by atoms with Crippen LogP contribution >= 0.6 is 34.5 Å². The lowest BCUT2D eigenvalue weighted by atomic mass is 10.0. The van der Waals surface area contributed by atoms with E-state index in [1.54, 1.807) is 6.92 Å². The van der Waals surface area contributed by atoms with Gasteiger partial charge in [0.2, 0.25) is 0 Å². The molecule has 13 heteroatoms. The van der Waals surface area contributed by atoms with Gasteiger partial charge in [-0.05, 0) is 13.3 Å². The Morgan fingerprint density at radius 3 is 2.73 bits per heavy atom. The zero-order chi connectivity index (χ0) is 22.0. The third kappa shape index (κ3) is 4.38. The average Bonchev–Trinajstić information content (AvgIpc) is 3.25. The zero-order valence-corrected chi connectivity index (χ0v) is 18.3. The Bertz CT molecular complexity index is 992. The number of aryl methyl sites for hydroxylation is 1. The Morgan fingerprint density at radius 1 is 1.43 bits per heavy atom. The van der Waals surface area contributed by atoms with Gasteiger partial charge in [0.1, 0.15) is 16.3 Å². The van der Waals surface area contributed by atoms with E-state index in [1.807, 2.05) is 4.90 Å². The van der Waals surface area contributed by atoms with Gasteiger partial charge in [-0.2, -0.15) is 0 Å². The van der Waals surface area contributed by atoms with Crippen LogP contribution in [0.2, 0.25) is 10.0 Å². The molecule has 1 amide bonds. The lowest BCUT2D eigenvalue weighted by Crippen LogP contribution is -2.55. The van der Waals surface area contributed by atoms with E-state index in [0.29, 0.717) is 35.4 Å². The number of oxime groups is 1. The SMILES string of the molecule is COC1CN(c2nc(C=NO)c(C(=O)O)s2)CCC1NC(=O)c1[nH]c(C)c(Cl)c1Cl. The number of nitrogens with zero attached hydrogens (tertiary/aromatic N) is 3. The van der Waals surface area contributed by atoms with Crippen molar-refractivity contribution in [1.29, 1.82) is 0 Å². The van der Waals surface area contributed by atoms with Crippen molar-refractivity contribution in [2.45, 2.75) is 25.5 Å². The van der Waals surface area contributed by atoms with Gasteiger partial charge in [0.05, 0.1) is 28.4 Å². The van der Waals surface area contributed by atoms with Crippen LogP contribution in [0.5, 0.6) is 0 Å². The third-order valence-electron chi connectivity index (χ3n) is 4.75. The molecular weight excluding hydrogens is 457 g/mol. The maximum absolute atomic E-state index is 12.6. The molecule has 2 aromatic heterocycles. The van der Waals surface area contributed by atoms with Crippen molar-refractivity contribution >= 4 is 57.8 Å². The molecule has 1 aliphatic rings. The number of aromatic nitrogens is 2. The number of nitrogens with one attached hydrogen (secondary N) is 2. The highest BCUT2D eigenvalue weighted by atomic mass is 35.5. The number of carbonyl (C=O) groups excluding carboxylic acids is 1. The minimum Gasteiger partial charge on any atom is -0.477 e. The molecule has 0 bridgehead atoms. The van der Waals surface area contributed by atoms with E-state index in [0.717, 1.165) is 17.6 Å². The molecule has 0 radical (unpaired) electrons. The van der Waals surface area contributed by atoms with Crippen molar-refractivity contribution < 1.29 is 24.6 Å². The number of methoxy groups -OCH3 is 1. The molecule has 3 rings (SSSR count). The van der Waals surface area contributed by atoms with Crippen LogP contribution in [0.25, 0.3) is 0 Å². The van der Waals surface area contributed by atoms with E-state index in [-0.39, 0.29) is 39.3 Å². The Labute approximate surface area is 185 Å². The standard InChI is InChI=1S/C17H19Cl2N5O5S/c1-7-11(18)12(19)13(21-7)15(25)22-8-3-4-24(6-10(8)29-2)17-23-9(5-20-28)14(30-17)16(26)27/h5,8,10,21,28H,3-4,6H2,1-2H3,(H,22,25)(H,26,27). The van der Waals surface area contributed by atoms with E-state index in [4.69, 9.17) is 33.1 Å². The molecule has 0 aromatic carbocycles. The van der Waals surface area contributed by atoms with Crippen molar-refractivity contribution in [2.24, 2.45) is 5.16 Å². The zero-order valence-electron chi connectivity index (χ0n) is 16.0. The minimum atomic E-state index is -1.16. The van der Waals surface area contributed by atoms with Crippen LogP contribution < -0.4 is 10.2 Å². The molecule has 30 heavy (non-hydrogen) atoms. The number of thiazole rings is 1. The molecule has 10 nitrogen and oxygen atoms in total. The van der Waals surface area contributed by atoms with Crippen LogP contribution in [0.15, 0.2) is 5.16 Å². The van der Waals surface area contributed by atoms with E-state index >= 15 is 0 Å². The molecule has 4 N–H and O–H groups in total. The summed E-state index contributed by atoms with van der Waals surface area (Å²) in [5.74, 6) is -1.55. The number of hydrogen-bond acceptors (Lipinski definition) is 8. The summed E-state index contributed by atoms with van der Waals surface area (Å²) in [6.07, 6.45) is 1.14. The van der Waals surface area contributed by atoms with E-state index in [9.17, 15) is 14.7 Å². The van der Waals surface area contributed by atoms with Crippen LogP contribution in [-0.4, -0.2) is 70.7 Å². The first-order valence-corrected chi connectivity index (χ1v) is 10.4. The molecule has 0 saturated carbocycles. The van der Waals surface area contributed by atoms with Gasteiger partial charge in [-0.25, -0.2) is 9.78 Å². The number of carboxylic acid groups (broad SMARTS) is 1. The summed E-state index contributed by atoms with van der Waals surface area (Å²) in [7, 11) is 1.53. The number of rotatable bonds is 6. The Kier molecular flexibility index (Phi) is 6.86. The fourth-order valence-corrected chi connectivity index (χ4v) is 4.54. The first-order chi connectivity index (χ1) is 14.3. The number of amides is 1. The topological polar surface area (TPSA) is 140 Å². The predicted molar refractivity (Wildman–Crippen MR) is 113 cm³/mol. The Morgan fingerprint density at radius 2 is 2.17 bits per heavy atom. The molecule has 1 saturated heterocycles. The first-order valence-electron chi connectivity index (χ1n) is 8.80. The molecular formula is C17H19Cl2N5O5S. The monoisotopic (exact) mass is 475 g/mol. The maximum atomic E-state index is 12.6. The fourth-order valence-electron chi connectivity index (χ4n) is 3.21. The molecule has 2 atom stereocenters. The molecule has 0 aliphatic carbocycles. The number of H-pyrrole nitrogens is 1. The number of anilines is 1. The van der Waals surface area contributed by atoms with Crippen molar-refractivity contribution in [3.8, 4) is 0 Å². The second-order valence-electron chi connectivity index (χ2n) is 6.60. The minimum absolute atomic E-state index is 0.0270. The van der Waals surface area contributed by atoms with Gasteiger partial charge in [0, 0.05) is 25.9 Å². The quantitative estimate of drug-likeness (QED) is 0.285. The van der Waals surface area contributed by atoms with E-state index in [1.165, 1.54) is 7.11 Å². The van der Waals surface area contributed by atoms with Gasteiger partial charge in [0.15, 0.2) is 5.13 Å². The van der Waals surface area contributed by atoms with Crippen LogP contribution in [-0.2, 0) is 4.74 Å². The highest BCUT2D eigenvalue weighted by molar-refractivity contribution is 7.17. The van der Waals surface area contributed by atoms with Gasteiger partial charge < -0.3 is 30.3 Å². The number of hydrogen-bond donors (Lipinski definition) is 4. The highest BCUT2D eigenvalue weighted by Crippen LogP contribution is 2.31. The van der Waals surface area contributed by atoms with Crippen molar-refractivity contribution in [3.63, 3.8) is 0 Å². The predicted octanol–water partition coefficient (Wildman–Crippen LogP) is 2.62. The maximum Gasteiger partial charge on any atom is 0.348 e. The Hall–Kier alpha value is -2.34. The summed E-state index contributed by atoms with van der Waals surface area (Å²) in [5, 5.41) is 24.7. The summed E-state index contributed by atoms with van der Waals surface area (Å²) in [5.41, 5.74) is 0.864. The van der Waals surface area contributed by atoms with E-state index < -0.39 is 5.97 Å². The molecule has 1 aliphatic heterocycles.